The van der Waals surface area contributed by atoms with Crippen LogP contribution in [0.2, 0.25) is 0 Å². The summed E-state index contributed by atoms with van der Waals surface area (Å²) in [7, 11) is 0. The highest BCUT2D eigenvalue weighted by molar-refractivity contribution is 6.25. The lowest BCUT2D eigenvalue weighted by Crippen LogP contribution is -2.28. The zero-order valence-corrected chi connectivity index (χ0v) is 8.48. The normalized spacial score (nSPS) is 36.9. The van der Waals surface area contributed by atoms with Crippen molar-refractivity contribution in [2.45, 2.75) is 44.8 Å². The van der Waals surface area contributed by atoms with Gasteiger partial charge < -0.3 is 9.84 Å². The van der Waals surface area contributed by atoms with Gasteiger partial charge in [-0.15, -0.1) is 0 Å². The van der Waals surface area contributed by atoms with Crippen LogP contribution in [0.25, 0.3) is 0 Å². The molecule has 1 atom stereocenters. The smallest absolute Gasteiger partial charge is 0.140 e. The number of halogens is 1. The number of ether oxygens (including phenoxy) is 1. The van der Waals surface area contributed by atoms with Crippen LogP contribution in [0.4, 0.5) is 0 Å². The second-order valence-electron chi connectivity index (χ2n) is 3.90. The molecule has 0 aromatic heterocycles. The number of rotatable bonds is 1. The zero-order chi connectivity index (χ0) is 9.41. The van der Waals surface area contributed by atoms with Crippen molar-refractivity contribution in [3.63, 3.8) is 0 Å². The van der Waals surface area contributed by atoms with E-state index in [9.17, 15) is 5.11 Å². The van der Waals surface area contributed by atoms with Crippen LogP contribution < -0.4 is 0 Å². The van der Waals surface area contributed by atoms with Crippen molar-refractivity contribution in [3.05, 3.63) is 11.3 Å². The first-order chi connectivity index (χ1) is 5.43. The molecule has 0 saturated carbocycles. The van der Waals surface area contributed by atoms with Gasteiger partial charge >= 0.3 is 0 Å². The average molecular weight is 191 g/mol. The molecule has 0 amide bonds. The lowest BCUT2D eigenvalue weighted by molar-refractivity contribution is 0.0675. The highest BCUT2D eigenvalue weighted by Crippen LogP contribution is 2.42. The van der Waals surface area contributed by atoms with Crippen molar-refractivity contribution in [1.82, 2.24) is 0 Å². The minimum atomic E-state index is -0.856. The summed E-state index contributed by atoms with van der Waals surface area (Å²) in [6, 6.07) is 0. The van der Waals surface area contributed by atoms with E-state index in [0.717, 1.165) is 0 Å². The number of hydrogen-bond donors (Lipinski definition) is 1. The summed E-state index contributed by atoms with van der Waals surface area (Å²) in [6.07, 6.45) is 1.24. The second-order valence-corrected chi connectivity index (χ2v) is 4.12. The molecule has 1 aliphatic rings. The summed E-state index contributed by atoms with van der Waals surface area (Å²) >= 11 is 5.55. The van der Waals surface area contributed by atoms with E-state index in [-0.39, 0.29) is 5.60 Å². The van der Waals surface area contributed by atoms with Crippen LogP contribution in [0.5, 0.6) is 0 Å². The lowest BCUT2D eigenvalue weighted by atomic mass is 9.90. The Kier molecular flexibility index (Phi) is 2.41. The van der Waals surface area contributed by atoms with Crippen molar-refractivity contribution >= 4 is 11.6 Å². The Bertz CT molecular complexity index is 211. The van der Waals surface area contributed by atoms with Crippen LogP contribution in [0.3, 0.4) is 0 Å². The molecule has 1 rings (SSSR count). The Hall–Kier alpha value is -0.210. The molecule has 0 aromatic rings. The van der Waals surface area contributed by atoms with Crippen molar-refractivity contribution in [1.29, 1.82) is 0 Å². The molecule has 1 aliphatic heterocycles. The summed E-state index contributed by atoms with van der Waals surface area (Å²) < 4.78 is 5.48. The average Bonchev–Trinajstić information content (AvgIpc) is 2.22. The summed E-state index contributed by atoms with van der Waals surface area (Å²) in [5.74, 6) is 0.497. The van der Waals surface area contributed by atoms with Crippen molar-refractivity contribution < 1.29 is 9.84 Å². The fourth-order valence-electron chi connectivity index (χ4n) is 1.64. The zero-order valence-electron chi connectivity index (χ0n) is 7.72. The number of hydrogen-bond acceptors (Lipinski definition) is 2. The Morgan fingerprint density at radius 3 is 2.58 bits per heavy atom. The predicted octanol–water partition coefficient (Wildman–Crippen LogP) is 2.41. The van der Waals surface area contributed by atoms with Gasteiger partial charge in [0.25, 0.3) is 0 Å². The summed E-state index contributed by atoms with van der Waals surface area (Å²) in [6.45, 7) is 5.81. The van der Waals surface area contributed by atoms with Crippen LogP contribution in [0, 0.1) is 0 Å². The molecular weight excluding hydrogens is 176 g/mol. The Morgan fingerprint density at radius 2 is 2.25 bits per heavy atom. The largest absolute Gasteiger partial charge is 0.488 e. The van der Waals surface area contributed by atoms with E-state index in [2.05, 4.69) is 0 Å². The topological polar surface area (TPSA) is 29.5 Å². The molecule has 0 aliphatic carbocycles. The molecule has 0 bridgehead atoms. The van der Waals surface area contributed by atoms with Gasteiger partial charge in [0.05, 0.1) is 0 Å². The van der Waals surface area contributed by atoms with Gasteiger partial charge in [0.15, 0.2) is 0 Å². The third kappa shape index (κ3) is 1.59. The molecule has 0 radical (unpaired) electrons. The first-order valence-electron chi connectivity index (χ1n) is 4.16. The Balaban J connectivity index is 2.91. The minimum Gasteiger partial charge on any atom is -0.488 e. The van der Waals surface area contributed by atoms with E-state index in [0.29, 0.717) is 18.6 Å². The van der Waals surface area contributed by atoms with Gasteiger partial charge in [-0.05, 0) is 20.3 Å². The van der Waals surface area contributed by atoms with Gasteiger partial charge in [-0.2, -0.15) is 0 Å². The third-order valence-electron chi connectivity index (χ3n) is 2.25. The molecule has 70 valence electrons. The van der Waals surface area contributed by atoms with Crippen LogP contribution in [0.1, 0.15) is 33.6 Å². The predicted molar refractivity (Wildman–Crippen MR) is 49.0 cm³/mol. The van der Waals surface area contributed by atoms with Crippen molar-refractivity contribution in [2.24, 2.45) is 0 Å². The highest BCUT2D eigenvalue weighted by atomic mass is 35.5. The maximum atomic E-state index is 10.0. The van der Waals surface area contributed by atoms with E-state index in [1.54, 1.807) is 0 Å². The fraction of sp³-hybridized carbons (Fsp3) is 0.778. The Labute approximate surface area is 78.2 Å². The molecular formula is C9H15ClO2. The van der Waals surface area contributed by atoms with Crippen LogP contribution in [0.15, 0.2) is 11.3 Å². The monoisotopic (exact) mass is 190 g/mol. The molecule has 2 nitrogen and oxygen atoms in total. The maximum absolute atomic E-state index is 10.0. The quantitative estimate of drug-likeness (QED) is 0.688. The molecule has 0 aromatic carbocycles. The molecule has 1 fully saturated rings. The standard InChI is InChI=1S/C9H15ClO2/c1-4-9(11)6-8(2,3)12-7(9)5-10/h5,11H,4,6H2,1-3H3/b7-5+. The van der Waals surface area contributed by atoms with E-state index in [4.69, 9.17) is 16.3 Å². The van der Waals surface area contributed by atoms with Crippen LogP contribution in [-0.2, 0) is 4.74 Å². The van der Waals surface area contributed by atoms with Gasteiger partial charge in [-0.1, -0.05) is 18.5 Å². The molecule has 3 heteroatoms. The van der Waals surface area contributed by atoms with Gasteiger partial charge in [-0.3, -0.25) is 0 Å². The number of aliphatic hydroxyl groups is 1. The molecule has 0 spiro atoms. The fourth-order valence-corrected chi connectivity index (χ4v) is 1.89. The van der Waals surface area contributed by atoms with Gasteiger partial charge in [0, 0.05) is 12.0 Å². The van der Waals surface area contributed by atoms with Crippen molar-refractivity contribution in [3.8, 4) is 0 Å². The molecule has 1 N–H and O–H groups in total. The van der Waals surface area contributed by atoms with E-state index in [1.807, 2.05) is 20.8 Å². The lowest BCUT2D eigenvalue weighted by Gasteiger charge is -2.18. The van der Waals surface area contributed by atoms with E-state index in [1.165, 1.54) is 5.54 Å². The summed E-state index contributed by atoms with van der Waals surface area (Å²) in [5.41, 5.74) is 0.176. The first kappa shape index (κ1) is 9.87. The minimum absolute atomic E-state index is 0.300. The molecule has 12 heavy (non-hydrogen) atoms. The Morgan fingerprint density at radius 1 is 1.67 bits per heavy atom. The maximum Gasteiger partial charge on any atom is 0.140 e. The SMILES string of the molecule is CCC1(O)CC(C)(C)O/C1=C/Cl. The molecule has 1 heterocycles. The van der Waals surface area contributed by atoms with E-state index < -0.39 is 5.60 Å². The molecule has 1 unspecified atom stereocenters. The van der Waals surface area contributed by atoms with Gasteiger partial charge in [0.2, 0.25) is 0 Å². The van der Waals surface area contributed by atoms with Gasteiger partial charge in [0.1, 0.15) is 17.0 Å². The van der Waals surface area contributed by atoms with Crippen LogP contribution >= 0.6 is 11.6 Å². The van der Waals surface area contributed by atoms with E-state index >= 15 is 0 Å². The highest BCUT2D eigenvalue weighted by Gasteiger charge is 2.46. The van der Waals surface area contributed by atoms with Crippen molar-refractivity contribution in [2.75, 3.05) is 0 Å². The first-order valence-corrected chi connectivity index (χ1v) is 4.59. The summed E-state index contributed by atoms with van der Waals surface area (Å²) in [5, 5.41) is 10.0. The second kappa shape index (κ2) is 2.93. The third-order valence-corrected chi connectivity index (χ3v) is 2.45. The van der Waals surface area contributed by atoms with Gasteiger partial charge in [-0.25, -0.2) is 0 Å². The van der Waals surface area contributed by atoms with Crippen LogP contribution in [-0.4, -0.2) is 16.3 Å². The summed E-state index contributed by atoms with van der Waals surface area (Å²) in [4.78, 5) is 0. The molecule has 1 saturated heterocycles.